The zero-order valence-corrected chi connectivity index (χ0v) is 22.1. The molecule has 4 aliphatic carbocycles. The van der Waals surface area contributed by atoms with Gasteiger partial charge in [0.2, 0.25) is 0 Å². The highest BCUT2D eigenvalue weighted by molar-refractivity contribution is 5.99. The molecule has 2 saturated carbocycles. The van der Waals surface area contributed by atoms with Crippen molar-refractivity contribution in [1.29, 1.82) is 0 Å². The van der Waals surface area contributed by atoms with E-state index in [9.17, 15) is 14.7 Å². The second-order valence-corrected chi connectivity index (χ2v) is 13.3. The van der Waals surface area contributed by atoms with Crippen LogP contribution in [0.15, 0.2) is 22.8 Å². The van der Waals surface area contributed by atoms with Gasteiger partial charge in [-0.1, -0.05) is 53.2 Å². The Kier molecular flexibility index (Phi) is 6.17. The minimum atomic E-state index is -0.316. The molecule has 0 saturated heterocycles. The quantitative estimate of drug-likeness (QED) is 0.365. The van der Waals surface area contributed by atoms with Gasteiger partial charge in [-0.2, -0.15) is 0 Å². The van der Waals surface area contributed by atoms with Gasteiger partial charge in [0.1, 0.15) is 6.29 Å². The Labute approximate surface area is 201 Å². The number of allylic oxidation sites excluding steroid dienone is 4. The van der Waals surface area contributed by atoms with Gasteiger partial charge in [0.05, 0.1) is 6.10 Å². The van der Waals surface area contributed by atoms with Crippen molar-refractivity contribution >= 4 is 12.1 Å². The second-order valence-electron chi connectivity index (χ2n) is 13.3. The molecule has 1 N–H and O–H groups in total. The average Bonchev–Trinajstić information content (AvgIpc) is 3.04. The lowest BCUT2D eigenvalue weighted by Gasteiger charge is -2.61. The van der Waals surface area contributed by atoms with Gasteiger partial charge in [0.25, 0.3) is 0 Å². The summed E-state index contributed by atoms with van der Waals surface area (Å²) >= 11 is 0. The summed E-state index contributed by atoms with van der Waals surface area (Å²) in [5, 5.41) is 10.8. The van der Waals surface area contributed by atoms with Crippen molar-refractivity contribution in [3.05, 3.63) is 22.8 Å². The average molecular weight is 455 g/mol. The molecule has 4 aliphatic rings. The van der Waals surface area contributed by atoms with Crippen LogP contribution in [0.2, 0.25) is 0 Å². The van der Waals surface area contributed by atoms with E-state index in [1.807, 2.05) is 6.92 Å². The molecule has 0 aromatic carbocycles. The van der Waals surface area contributed by atoms with Gasteiger partial charge in [-0.05, 0) is 97.9 Å². The van der Waals surface area contributed by atoms with E-state index < -0.39 is 0 Å². The number of aliphatic hydroxyl groups excluding tert-OH is 1. The molecule has 0 amide bonds. The third-order valence-corrected chi connectivity index (χ3v) is 11.6. The number of aldehydes is 1. The maximum atomic E-state index is 13.9. The zero-order valence-electron chi connectivity index (χ0n) is 22.1. The minimum Gasteiger partial charge on any atom is -0.393 e. The number of rotatable bonds is 5. The smallest absolute Gasteiger partial charge is 0.159 e. The van der Waals surface area contributed by atoms with Gasteiger partial charge < -0.3 is 5.11 Å². The highest BCUT2D eigenvalue weighted by Crippen LogP contribution is 2.71. The Balaban J connectivity index is 1.68. The van der Waals surface area contributed by atoms with Gasteiger partial charge in [-0.15, -0.1) is 0 Å². The SMILES string of the molecule is CC(C=O)=CCC[C@@H](C)[C@H]1CC[C@@]2(C)C3=C(CC[C@]12C)[C@@]1(C)CC[C@H](O)C(C)(C)C1CC3=O. The first-order valence-electron chi connectivity index (χ1n) is 13.4. The molecule has 1 unspecified atom stereocenters. The Hall–Kier alpha value is -1.22. The van der Waals surface area contributed by atoms with Crippen LogP contribution >= 0.6 is 0 Å². The summed E-state index contributed by atoms with van der Waals surface area (Å²) in [6.45, 7) is 15.9. The van der Waals surface area contributed by atoms with Crippen LogP contribution in [0.4, 0.5) is 0 Å². The highest BCUT2D eigenvalue weighted by Gasteiger charge is 2.65. The Morgan fingerprint density at radius 2 is 1.82 bits per heavy atom. The molecule has 2 fully saturated rings. The van der Waals surface area contributed by atoms with Crippen molar-refractivity contribution in [3.8, 4) is 0 Å². The summed E-state index contributed by atoms with van der Waals surface area (Å²) in [5.74, 6) is 1.81. The molecule has 0 aromatic heterocycles. The van der Waals surface area contributed by atoms with E-state index >= 15 is 0 Å². The number of aliphatic hydroxyl groups is 1. The van der Waals surface area contributed by atoms with E-state index in [0.29, 0.717) is 24.0 Å². The predicted octanol–water partition coefficient (Wildman–Crippen LogP) is 6.84. The monoisotopic (exact) mass is 454 g/mol. The van der Waals surface area contributed by atoms with Crippen molar-refractivity contribution in [1.82, 2.24) is 0 Å². The third kappa shape index (κ3) is 3.46. The first kappa shape index (κ1) is 24.9. The molecule has 3 nitrogen and oxygen atoms in total. The molecular formula is C30H46O3. The molecule has 0 radical (unpaired) electrons. The van der Waals surface area contributed by atoms with Crippen molar-refractivity contribution in [2.75, 3.05) is 0 Å². The normalized spacial score (nSPS) is 43.6. The van der Waals surface area contributed by atoms with Gasteiger partial charge >= 0.3 is 0 Å². The van der Waals surface area contributed by atoms with Gasteiger partial charge in [-0.3, -0.25) is 9.59 Å². The van der Waals surface area contributed by atoms with Crippen LogP contribution in [0.1, 0.15) is 106 Å². The van der Waals surface area contributed by atoms with Gasteiger partial charge in [-0.25, -0.2) is 0 Å². The molecule has 33 heavy (non-hydrogen) atoms. The highest BCUT2D eigenvalue weighted by atomic mass is 16.3. The lowest BCUT2D eigenvalue weighted by atomic mass is 9.43. The van der Waals surface area contributed by atoms with E-state index in [4.69, 9.17) is 0 Å². The number of Topliss-reactive ketones (excluding diaryl/α,β-unsaturated/α-hetero) is 1. The molecular weight excluding hydrogens is 408 g/mol. The minimum absolute atomic E-state index is 0.0389. The zero-order chi connectivity index (χ0) is 24.4. The second kappa shape index (κ2) is 8.18. The van der Waals surface area contributed by atoms with Crippen molar-refractivity contribution in [3.63, 3.8) is 0 Å². The van der Waals surface area contributed by atoms with Gasteiger partial charge in [0, 0.05) is 17.4 Å². The van der Waals surface area contributed by atoms with E-state index in [0.717, 1.165) is 50.4 Å². The van der Waals surface area contributed by atoms with E-state index in [1.54, 1.807) is 0 Å². The predicted molar refractivity (Wildman–Crippen MR) is 134 cm³/mol. The third-order valence-electron chi connectivity index (χ3n) is 11.6. The summed E-state index contributed by atoms with van der Waals surface area (Å²) in [6.07, 6.45) is 11.7. The number of fused-ring (bicyclic) bond motifs is 4. The topological polar surface area (TPSA) is 54.4 Å². The van der Waals surface area contributed by atoms with Crippen LogP contribution in [-0.4, -0.2) is 23.3 Å². The van der Waals surface area contributed by atoms with Crippen LogP contribution in [-0.2, 0) is 9.59 Å². The summed E-state index contributed by atoms with van der Waals surface area (Å²) in [5.41, 5.74) is 3.42. The van der Waals surface area contributed by atoms with Crippen molar-refractivity contribution in [2.24, 2.45) is 39.4 Å². The van der Waals surface area contributed by atoms with Crippen LogP contribution in [0, 0.1) is 39.4 Å². The largest absolute Gasteiger partial charge is 0.393 e. The molecule has 0 bridgehead atoms. The van der Waals surface area contributed by atoms with Crippen molar-refractivity contribution in [2.45, 2.75) is 112 Å². The number of hydrogen-bond acceptors (Lipinski definition) is 3. The summed E-state index contributed by atoms with van der Waals surface area (Å²) in [6, 6.07) is 0. The lowest BCUT2D eigenvalue weighted by Crippen LogP contribution is -2.57. The Bertz CT molecular complexity index is 894. The van der Waals surface area contributed by atoms with E-state index in [1.165, 1.54) is 24.0 Å². The number of ketones is 1. The summed E-state index contributed by atoms with van der Waals surface area (Å²) in [4.78, 5) is 24.8. The molecule has 0 aliphatic heterocycles. The van der Waals surface area contributed by atoms with Crippen LogP contribution in [0.25, 0.3) is 0 Å². The van der Waals surface area contributed by atoms with Crippen LogP contribution in [0.3, 0.4) is 0 Å². The number of carbonyl (C=O) groups is 2. The van der Waals surface area contributed by atoms with Crippen LogP contribution in [0.5, 0.6) is 0 Å². The standard InChI is InChI=1S/C30H46O3/c1-19(18-31)9-8-10-20(2)21-11-16-30(7)26-22(12-15-29(21,30)6)28(5)14-13-25(33)27(3,4)24(28)17-23(26)32/h9,18,20-21,24-25,33H,8,10-17H2,1-7H3/t20-,21-,24?,25+,28-,29-,30+/m1/s1. The lowest BCUT2D eigenvalue weighted by molar-refractivity contribution is -0.134. The summed E-state index contributed by atoms with van der Waals surface area (Å²) in [7, 11) is 0. The van der Waals surface area contributed by atoms with E-state index in [2.05, 4.69) is 47.6 Å². The van der Waals surface area contributed by atoms with Crippen molar-refractivity contribution < 1.29 is 14.7 Å². The maximum Gasteiger partial charge on any atom is 0.159 e. The van der Waals surface area contributed by atoms with Crippen LogP contribution < -0.4 is 0 Å². The molecule has 4 rings (SSSR count). The molecule has 0 spiro atoms. The number of hydrogen-bond donors (Lipinski definition) is 1. The summed E-state index contributed by atoms with van der Waals surface area (Å²) < 4.78 is 0. The Morgan fingerprint density at radius 1 is 1.12 bits per heavy atom. The molecule has 3 heteroatoms. The van der Waals surface area contributed by atoms with Gasteiger partial charge in [0.15, 0.2) is 5.78 Å². The number of carbonyl (C=O) groups excluding carboxylic acids is 2. The Morgan fingerprint density at radius 3 is 2.48 bits per heavy atom. The van der Waals surface area contributed by atoms with E-state index in [-0.39, 0.29) is 33.7 Å². The first-order chi connectivity index (χ1) is 15.3. The molecule has 0 heterocycles. The fourth-order valence-electron chi connectivity index (χ4n) is 9.13. The molecule has 0 aromatic rings. The molecule has 7 atom stereocenters. The first-order valence-corrected chi connectivity index (χ1v) is 13.4. The molecule has 184 valence electrons. The fraction of sp³-hybridized carbons (Fsp3) is 0.800. The fourth-order valence-corrected chi connectivity index (χ4v) is 9.13. The maximum absolute atomic E-state index is 13.9.